The fraction of sp³-hybridized carbons (Fsp3) is 0.250. The van der Waals surface area contributed by atoms with Crippen molar-refractivity contribution in [2.75, 3.05) is 11.9 Å². The highest BCUT2D eigenvalue weighted by Crippen LogP contribution is 2.35. The first-order valence-corrected chi connectivity index (χ1v) is 9.48. The van der Waals surface area contributed by atoms with Crippen molar-refractivity contribution >= 4 is 29.5 Å². The number of hydrogen-bond acceptors (Lipinski definition) is 4. The number of rotatable bonds is 7. The van der Waals surface area contributed by atoms with Gasteiger partial charge in [0.1, 0.15) is 5.82 Å². The number of H-pyrrole nitrogens is 1. The fourth-order valence-corrected chi connectivity index (χ4v) is 3.37. The van der Waals surface area contributed by atoms with Crippen LogP contribution in [-0.4, -0.2) is 27.2 Å². The highest BCUT2D eigenvalue weighted by atomic mass is 32.1. The lowest BCUT2D eigenvalue weighted by Crippen LogP contribution is -2.27. The van der Waals surface area contributed by atoms with Crippen LogP contribution in [0.3, 0.4) is 0 Å². The first-order chi connectivity index (χ1) is 13.2. The molecule has 6 nitrogen and oxygen atoms in total. The molecule has 0 spiro atoms. The molecule has 1 heterocycles. The Morgan fingerprint density at radius 1 is 1.15 bits per heavy atom. The van der Waals surface area contributed by atoms with Gasteiger partial charge >= 0.3 is 0 Å². The molecule has 0 atom stereocenters. The van der Waals surface area contributed by atoms with Gasteiger partial charge in [-0.15, -0.1) is 0 Å². The monoisotopic (exact) mass is 379 g/mol. The van der Waals surface area contributed by atoms with Crippen LogP contribution < -0.4 is 10.6 Å². The molecule has 3 N–H and O–H groups in total. The minimum atomic E-state index is -0.110. The molecule has 27 heavy (non-hydrogen) atoms. The quantitative estimate of drug-likeness (QED) is 0.543. The second-order valence-corrected chi connectivity index (χ2v) is 6.98. The van der Waals surface area contributed by atoms with Crippen molar-refractivity contribution in [2.24, 2.45) is 0 Å². The van der Waals surface area contributed by atoms with E-state index in [-0.39, 0.29) is 5.91 Å². The summed E-state index contributed by atoms with van der Waals surface area (Å²) in [6, 6.07) is 17.8. The molecule has 7 heteroatoms. The van der Waals surface area contributed by atoms with Crippen molar-refractivity contribution in [2.45, 2.75) is 25.3 Å². The van der Waals surface area contributed by atoms with E-state index in [1.807, 2.05) is 54.6 Å². The number of carbonyl (C=O) groups is 1. The summed E-state index contributed by atoms with van der Waals surface area (Å²) in [7, 11) is 0. The fourth-order valence-electron chi connectivity index (χ4n) is 3.07. The number of aromatic amines is 1. The molecule has 1 aliphatic rings. The van der Waals surface area contributed by atoms with Gasteiger partial charge in [-0.3, -0.25) is 9.89 Å². The summed E-state index contributed by atoms with van der Waals surface area (Å²) in [5.74, 6) is 0.791. The minimum Gasteiger partial charge on any atom is -0.355 e. The standard InChI is InChI=1S/C20H21N5OS/c26-19(21-13-12-18-23-24-20(27)25(18)15-10-11-15)16-8-4-5-9-17(16)22-14-6-2-1-3-7-14/h1-9,15,22H,10-13H2,(H,21,26)(H,24,27). The van der Waals surface area contributed by atoms with Crippen LogP contribution in [0.15, 0.2) is 54.6 Å². The van der Waals surface area contributed by atoms with E-state index in [4.69, 9.17) is 12.2 Å². The smallest absolute Gasteiger partial charge is 0.253 e. The van der Waals surface area contributed by atoms with Gasteiger partial charge in [-0.05, 0) is 49.3 Å². The van der Waals surface area contributed by atoms with Gasteiger partial charge in [-0.2, -0.15) is 5.10 Å². The van der Waals surface area contributed by atoms with Crippen LogP contribution in [0.5, 0.6) is 0 Å². The zero-order valence-electron chi connectivity index (χ0n) is 14.8. The number of amides is 1. The molecule has 1 amide bonds. The Morgan fingerprint density at radius 2 is 1.89 bits per heavy atom. The molecule has 1 saturated carbocycles. The van der Waals surface area contributed by atoms with Gasteiger partial charge in [0.2, 0.25) is 0 Å². The summed E-state index contributed by atoms with van der Waals surface area (Å²) in [6.07, 6.45) is 2.93. The largest absolute Gasteiger partial charge is 0.355 e. The zero-order valence-corrected chi connectivity index (χ0v) is 15.6. The van der Waals surface area contributed by atoms with Crippen LogP contribution in [0.2, 0.25) is 0 Å². The molecule has 1 aliphatic carbocycles. The number of hydrogen-bond donors (Lipinski definition) is 3. The molecule has 0 saturated heterocycles. The number of anilines is 2. The average Bonchev–Trinajstić information content (AvgIpc) is 3.46. The molecule has 138 valence electrons. The Morgan fingerprint density at radius 3 is 2.67 bits per heavy atom. The van der Waals surface area contributed by atoms with Gasteiger partial charge in [0.25, 0.3) is 5.91 Å². The number of carbonyl (C=O) groups excluding carboxylic acids is 1. The van der Waals surface area contributed by atoms with Crippen LogP contribution in [0, 0.1) is 4.77 Å². The Hall–Kier alpha value is -2.93. The van der Waals surface area contributed by atoms with E-state index in [0.717, 1.165) is 30.0 Å². The number of benzene rings is 2. The summed E-state index contributed by atoms with van der Waals surface area (Å²) in [5, 5.41) is 13.5. The molecule has 0 radical (unpaired) electrons. The molecular formula is C20H21N5OS. The van der Waals surface area contributed by atoms with Crippen LogP contribution in [0.1, 0.15) is 35.1 Å². The highest BCUT2D eigenvalue weighted by Gasteiger charge is 2.27. The second-order valence-electron chi connectivity index (χ2n) is 6.59. The van der Waals surface area contributed by atoms with Gasteiger partial charge in [0.15, 0.2) is 4.77 Å². The lowest BCUT2D eigenvalue weighted by Gasteiger charge is -2.12. The normalized spacial score (nSPS) is 13.3. The predicted molar refractivity (Wildman–Crippen MR) is 108 cm³/mol. The lowest BCUT2D eigenvalue weighted by molar-refractivity contribution is 0.0954. The van der Waals surface area contributed by atoms with Crippen molar-refractivity contribution in [3.63, 3.8) is 0 Å². The van der Waals surface area contributed by atoms with E-state index >= 15 is 0 Å². The summed E-state index contributed by atoms with van der Waals surface area (Å²) in [4.78, 5) is 12.7. The summed E-state index contributed by atoms with van der Waals surface area (Å²) in [5.41, 5.74) is 2.34. The van der Waals surface area contributed by atoms with E-state index < -0.39 is 0 Å². The van der Waals surface area contributed by atoms with Gasteiger partial charge in [0, 0.05) is 24.7 Å². The topological polar surface area (TPSA) is 74.7 Å². The summed E-state index contributed by atoms with van der Waals surface area (Å²) in [6.45, 7) is 0.505. The first-order valence-electron chi connectivity index (χ1n) is 9.07. The molecule has 3 aromatic rings. The molecule has 0 unspecified atom stereocenters. The lowest BCUT2D eigenvalue weighted by atomic mass is 10.1. The van der Waals surface area contributed by atoms with Crippen LogP contribution in [0.4, 0.5) is 11.4 Å². The Kier molecular flexibility index (Phi) is 5.02. The predicted octanol–water partition coefficient (Wildman–Crippen LogP) is 3.99. The molecular weight excluding hydrogens is 358 g/mol. The van der Waals surface area contributed by atoms with Crippen molar-refractivity contribution in [3.05, 3.63) is 70.8 Å². The van der Waals surface area contributed by atoms with Gasteiger partial charge in [0.05, 0.1) is 11.3 Å². The van der Waals surface area contributed by atoms with Crippen molar-refractivity contribution < 1.29 is 4.79 Å². The number of nitrogens with zero attached hydrogens (tertiary/aromatic N) is 2. The Labute approximate surface area is 162 Å². The van der Waals surface area contributed by atoms with Crippen LogP contribution in [0.25, 0.3) is 0 Å². The SMILES string of the molecule is O=C(NCCc1n[nH]c(=S)n1C1CC1)c1ccccc1Nc1ccccc1. The van der Waals surface area contributed by atoms with E-state index in [9.17, 15) is 4.79 Å². The number of aromatic nitrogens is 3. The zero-order chi connectivity index (χ0) is 18.6. The maximum atomic E-state index is 12.7. The van der Waals surface area contributed by atoms with Crippen LogP contribution in [-0.2, 0) is 6.42 Å². The third-order valence-corrected chi connectivity index (χ3v) is 4.84. The minimum absolute atomic E-state index is 0.110. The van der Waals surface area contributed by atoms with E-state index in [2.05, 4.69) is 25.4 Å². The Balaban J connectivity index is 1.41. The van der Waals surface area contributed by atoms with E-state index in [1.54, 1.807) is 0 Å². The maximum Gasteiger partial charge on any atom is 0.253 e. The van der Waals surface area contributed by atoms with Crippen molar-refractivity contribution in [1.82, 2.24) is 20.1 Å². The molecule has 0 bridgehead atoms. The van der Waals surface area contributed by atoms with Gasteiger partial charge < -0.3 is 15.2 Å². The average molecular weight is 379 g/mol. The molecule has 1 fully saturated rings. The van der Waals surface area contributed by atoms with Crippen molar-refractivity contribution in [1.29, 1.82) is 0 Å². The molecule has 2 aromatic carbocycles. The number of nitrogens with one attached hydrogen (secondary N) is 3. The first kappa shape index (κ1) is 17.5. The summed E-state index contributed by atoms with van der Waals surface area (Å²) < 4.78 is 2.74. The van der Waals surface area contributed by atoms with Gasteiger partial charge in [-0.25, -0.2) is 0 Å². The summed E-state index contributed by atoms with van der Waals surface area (Å²) >= 11 is 5.30. The van der Waals surface area contributed by atoms with Crippen molar-refractivity contribution in [3.8, 4) is 0 Å². The molecule has 1 aromatic heterocycles. The highest BCUT2D eigenvalue weighted by molar-refractivity contribution is 7.71. The second kappa shape index (κ2) is 7.75. The maximum absolute atomic E-state index is 12.7. The Bertz CT molecular complexity index is 991. The third-order valence-electron chi connectivity index (χ3n) is 4.55. The van der Waals surface area contributed by atoms with E-state index in [1.165, 1.54) is 0 Å². The molecule has 4 rings (SSSR count). The van der Waals surface area contributed by atoms with Gasteiger partial charge in [-0.1, -0.05) is 30.3 Å². The van der Waals surface area contributed by atoms with E-state index in [0.29, 0.717) is 29.3 Å². The third kappa shape index (κ3) is 4.09. The molecule has 0 aliphatic heterocycles. The van der Waals surface area contributed by atoms with Crippen LogP contribution >= 0.6 is 12.2 Å². The number of para-hydroxylation sites is 2.